The summed E-state index contributed by atoms with van der Waals surface area (Å²) in [5, 5.41) is 6.67. The smallest absolute Gasteiger partial charge is 0.253 e. The average Bonchev–Trinajstić information content (AvgIpc) is 2.44. The van der Waals surface area contributed by atoms with Crippen LogP contribution in [-0.2, 0) is 0 Å². The number of anilines is 1. The number of aromatic nitrogens is 1. The molecule has 1 heterocycles. The molecule has 3 unspecified atom stereocenters. The van der Waals surface area contributed by atoms with Crippen molar-refractivity contribution in [3.8, 4) is 0 Å². The van der Waals surface area contributed by atoms with Gasteiger partial charge in [0, 0.05) is 18.8 Å². The zero-order chi connectivity index (χ0) is 15.4. The minimum atomic E-state index is -0.0844. The van der Waals surface area contributed by atoms with Crippen molar-refractivity contribution in [1.82, 2.24) is 10.3 Å². The van der Waals surface area contributed by atoms with Crippen molar-refractivity contribution >= 4 is 23.3 Å². The van der Waals surface area contributed by atoms with Crippen molar-refractivity contribution in [3.63, 3.8) is 0 Å². The molecule has 1 aromatic heterocycles. The molecule has 3 atom stereocenters. The number of amides is 1. The maximum absolute atomic E-state index is 12.3. The molecule has 1 aromatic rings. The third kappa shape index (κ3) is 4.10. The summed E-state index contributed by atoms with van der Waals surface area (Å²) in [4.78, 5) is 16.5. The van der Waals surface area contributed by atoms with Crippen LogP contribution in [0.4, 0.5) is 5.82 Å². The first-order valence-electron chi connectivity index (χ1n) is 7.71. The number of carbonyl (C=O) groups is 1. The number of nitrogens with zero attached hydrogens (tertiary/aromatic N) is 1. The van der Waals surface area contributed by atoms with Gasteiger partial charge in [-0.2, -0.15) is 0 Å². The molecule has 0 radical (unpaired) electrons. The van der Waals surface area contributed by atoms with Gasteiger partial charge < -0.3 is 10.6 Å². The standard InChI is InChI=1S/C16H24ClN3O/c1-4-18-15-13(17)8-12(9-19-15)16(21)20-14-6-5-10(2)7-11(14)3/h8-11,14H,4-7H2,1-3H3,(H,18,19)(H,20,21). The van der Waals surface area contributed by atoms with Gasteiger partial charge in [-0.15, -0.1) is 0 Å². The number of rotatable bonds is 4. The van der Waals surface area contributed by atoms with Gasteiger partial charge >= 0.3 is 0 Å². The molecular formula is C16H24ClN3O. The van der Waals surface area contributed by atoms with E-state index in [4.69, 9.17) is 11.6 Å². The Morgan fingerprint density at radius 1 is 1.43 bits per heavy atom. The summed E-state index contributed by atoms with van der Waals surface area (Å²) in [6, 6.07) is 1.93. The molecule has 0 aliphatic heterocycles. The van der Waals surface area contributed by atoms with Gasteiger partial charge in [0.2, 0.25) is 0 Å². The largest absolute Gasteiger partial charge is 0.369 e. The van der Waals surface area contributed by atoms with E-state index >= 15 is 0 Å². The summed E-state index contributed by atoms with van der Waals surface area (Å²) in [5.74, 6) is 1.81. The zero-order valence-corrected chi connectivity index (χ0v) is 13.7. The van der Waals surface area contributed by atoms with Gasteiger partial charge in [0.15, 0.2) is 0 Å². The first-order valence-corrected chi connectivity index (χ1v) is 8.09. The Balaban J connectivity index is 2.01. The minimum absolute atomic E-state index is 0.0844. The van der Waals surface area contributed by atoms with Crippen LogP contribution in [-0.4, -0.2) is 23.5 Å². The van der Waals surface area contributed by atoms with Gasteiger partial charge in [-0.05, 0) is 44.1 Å². The highest BCUT2D eigenvalue weighted by atomic mass is 35.5. The first-order chi connectivity index (χ1) is 10.0. The molecular weight excluding hydrogens is 286 g/mol. The van der Waals surface area contributed by atoms with Crippen LogP contribution in [0.25, 0.3) is 0 Å². The lowest BCUT2D eigenvalue weighted by Crippen LogP contribution is -2.42. The van der Waals surface area contributed by atoms with Gasteiger partial charge in [-0.1, -0.05) is 25.4 Å². The summed E-state index contributed by atoms with van der Waals surface area (Å²) < 4.78 is 0. The van der Waals surface area contributed by atoms with E-state index in [1.54, 1.807) is 12.3 Å². The summed E-state index contributed by atoms with van der Waals surface area (Å²) in [7, 11) is 0. The Bertz CT molecular complexity index is 506. The molecule has 0 saturated heterocycles. The van der Waals surface area contributed by atoms with Crippen LogP contribution >= 0.6 is 11.6 Å². The van der Waals surface area contributed by atoms with Gasteiger partial charge in [0.25, 0.3) is 5.91 Å². The van der Waals surface area contributed by atoms with E-state index in [-0.39, 0.29) is 11.9 Å². The Morgan fingerprint density at radius 3 is 2.81 bits per heavy atom. The van der Waals surface area contributed by atoms with Crippen molar-refractivity contribution in [2.75, 3.05) is 11.9 Å². The quantitative estimate of drug-likeness (QED) is 0.891. The molecule has 2 N–H and O–H groups in total. The van der Waals surface area contributed by atoms with E-state index in [1.165, 1.54) is 12.8 Å². The van der Waals surface area contributed by atoms with Crippen LogP contribution in [0.1, 0.15) is 50.4 Å². The number of pyridine rings is 1. The second kappa shape index (κ2) is 7.12. The topological polar surface area (TPSA) is 54.0 Å². The second-order valence-electron chi connectivity index (χ2n) is 6.06. The molecule has 5 heteroatoms. The van der Waals surface area contributed by atoms with Crippen molar-refractivity contribution < 1.29 is 4.79 Å². The third-order valence-corrected chi connectivity index (χ3v) is 4.48. The lowest BCUT2D eigenvalue weighted by molar-refractivity contribution is 0.0899. The maximum Gasteiger partial charge on any atom is 0.253 e. The molecule has 0 spiro atoms. The molecule has 0 aromatic carbocycles. The predicted octanol–water partition coefficient (Wildman–Crippen LogP) is 3.72. The van der Waals surface area contributed by atoms with Crippen LogP contribution in [0.3, 0.4) is 0 Å². The monoisotopic (exact) mass is 309 g/mol. The fourth-order valence-electron chi connectivity index (χ4n) is 2.99. The highest BCUT2D eigenvalue weighted by Crippen LogP contribution is 2.29. The second-order valence-corrected chi connectivity index (χ2v) is 6.47. The minimum Gasteiger partial charge on any atom is -0.369 e. The normalized spacial score (nSPS) is 25.4. The third-order valence-electron chi connectivity index (χ3n) is 4.20. The Hall–Kier alpha value is -1.29. The Labute approximate surface area is 131 Å². The van der Waals surface area contributed by atoms with Gasteiger partial charge in [0.05, 0.1) is 10.6 Å². The maximum atomic E-state index is 12.3. The van der Waals surface area contributed by atoms with Gasteiger partial charge in [-0.3, -0.25) is 4.79 Å². The fraction of sp³-hybridized carbons (Fsp3) is 0.625. The van der Waals surface area contributed by atoms with E-state index in [1.807, 2.05) is 6.92 Å². The van der Waals surface area contributed by atoms with E-state index in [0.717, 1.165) is 18.9 Å². The van der Waals surface area contributed by atoms with Crippen LogP contribution < -0.4 is 10.6 Å². The van der Waals surface area contributed by atoms with E-state index in [0.29, 0.717) is 22.3 Å². The van der Waals surface area contributed by atoms with E-state index in [9.17, 15) is 4.79 Å². The molecule has 4 nitrogen and oxygen atoms in total. The number of hydrogen-bond acceptors (Lipinski definition) is 3. The van der Waals surface area contributed by atoms with Crippen molar-refractivity contribution in [2.24, 2.45) is 11.8 Å². The van der Waals surface area contributed by atoms with Crippen LogP contribution in [0.2, 0.25) is 5.02 Å². The van der Waals surface area contributed by atoms with E-state index < -0.39 is 0 Å². The Morgan fingerprint density at radius 2 is 2.19 bits per heavy atom. The zero-order valence-electron chi connectivity index (χ0n) is 12.9. The van der Waals surface area contributed by atoms with Crippen molar-refractivity contribution in [1.29, 1.82) is 0 Å². The van der Waals surface area contributed by atoms with Crippen LogP contribution in [0.5, 0.6) is 0 Å². The molecule has 21 heavy (non-hydrogen) atoms. The number of hydrogen-bond donors (Lipinski definition) is 2. The lowest BCUT2D eigenvalue weighted by atomic mass is 9.80. The molecule has 1 amide bonds. The molecule has 1 aliphatic carbocycles. The van der Waals surface area contributed by atoms with E-state index in [2.05, 4.69) is 29.5 Å². The van der Waals surface area contributed by atoms with Crippen LogP contribution in [0.15, 0.2) is 12.3 Å². The predicted molar refractivity (Wildman–Crippen MR) is 86.8 cm³/mol. The van der Waals surface area contributed by atoms with Gasteiger partial charge in [0.1, 0.15) is 5.82 Å². The summed E-state index contributed by atoms with van der Waals surface area (Å²) >= 11 is 6.14. The molecule has 1 aliphatic rings. The van der Waals surface area contributed by atoms with Crippen LogP contribution in [0, 0.1) is 11.8 Å². The van der Waals surface area contributed by atoms with Crippen molar-refractivity contribution in [3.05, 3.63) is 22.8 Å². The highest BCUT2D eigenvalue weighted by Gasteiger charge is 2.26. The molecule has 2 rings (SSSR count). The number of nitrogens with one attached hydrogen (secondary N) is 2. The summed E-state index contributed by atoms with van der Waals surface area (Å²) in [5.41, 5.74) is 0.521. The Kier molecular flexibility index (Phi) is 5.45. The number of halogens is 1. The first kappa shape index (κ1) is 16.1. The average molecular weight is 310 g/mol. The molecule has 0 bridgehead atoms. The summed E-state index contributed by atoms with van der Waals surface area (Å²) in [6.45, 7) is 7.21. The summed E-state index contributed by atoms with van der Waals surface area (Å²) in [6.07, 6.45) is 4.97. The highest BCUT2D eigenvalue weighted by molar-refractivity contribution is 6.33. The SMILES string of the molecule is CCNc1ncc(C(=O)NC2CCC(C)CC2C)cc1Cl. The molecule has 1 fully saturated rings. The lowest BCUT2D eigenvalue weighted by Gasteiger charge is -2.33. The molecule has 1 saturated carbocycles. The van der Waals surface area contributed by atoms with Gasteiger partial charge in [-0.25, -0.2) is 4.98 Å². The number of carbonyl (C=O) groups excluding carboxylic acids is 1. The fourth-order valence-corrected chi connectivity index (χ4v) is 3.22. The molecule has 116 valence electrons. The van der Waals surface area contributed by atoms with Crippen molar-refractivity contribution in [2.45, 2.75) is 46.1 Å².